The number of nitrogens with one attached hydrogen (secondary N) is 1. The molecular weight excluding hydrogens is 315 g/mol. The second-order valence-electron chi connectivity index (χ2n) is 6.24. The Balaban J connectivity index is 2.20. The molecule has 1 aliphatic rings. The Hall–Kier alpha value is -2.44. The lowest BCUT2D eigenvalue weighted by molar-refractivity contribution is -0.142. The Morgan fingerprint density at radius 2 is 1.88 bits per heavy atom. The van der Waals surface area contributed by atoms with Crippen molar-refractivity contribution in [1.29, 1.82) is 0 Å². The fourth-order valence-corrected chi connectivity index (χ4v) is 2.89. The van der Waals surface area contributed by atoms with Gasteiger partial charge >= 0.3 is 5.97 Å². The number of nitrogens with zero attached hydrogens (tertiary/aromatic N) is 1. The molecule has 1 aliphatic heterocycles. The molecule has 6 nitrogen and oxygen atoms in total. The van der Waals surface area contributed by atoms with Crippen LogP contribution in [0.5, 0.6) is 0 Å². The van der Waals surface area contributed by atoms with Crippen LogP contribution in [0, 0.1) is 17.7 Å². The van der Waals surface area contributed by atoms with Gasteiger partial charge in [0.15, 0.2) is 0 Å². The number of amides is 2. The van der Waals surface area contributed by atoms with Gasteiger partial charge in [-0.15, -0.1) is 0 Å². The molecule has 4 unspecified atom stereocenters. The molecule has 4 atom stereocenters. The van der Waals surface area contributed by atoms with Crippen LogP contribution in [0.3, 0.4) is 0 Å². The minimum absolute atomic E-state index is 0.0402. The van der Waals surface area contributed by atoms with E-state index in [0.29, 0.717) is 5.56 Å². The van der Waals surface area contributed by atoms with E-state index in [9.17, 15) is 18.8 Å². The molecule has 0 aromatic heterocycles. The number of likely N-dealkylation sites (tertiary alicyclic amines) is 1. The topological polar surface area (TPSA) is 86.7 Å². The summed E-state index contributed by atoms with van der Waals surface area (Å²) in [4.78, 5) is 37.1. The van der Waals surface area contributed by atoms with Crippen molar-refractivity contribution in [2.45, 2.75) is 32.4 Å². The van der Waals surface area contributed by atoms with Crippen LogP contribution in [-0.4, -0.2) is 40.9 Å². The number of carboxylic acids is 1. The van der Waals surface area contributed by atoms with Crippen LogP contribution < -0.4 is 5.32 Å². The number of aliphatic carboxylic acids is 1. The van der Waals surface area contributed by atoms with Gasteiger partial charge in [-0.1, -0.05) is 12.1 Å². The van der Waals surface area contributed by atoms with E-state index in [-0.39, 0.29) is 18.2 Å². The van der Waals surface area contributed by atoms with Crippen LogP contribution >= 0.6 is 0 Å². The number of halogens is 1. The largest absolute Gasteiger partial charge is 0.481 e. The Labute approximate surface area is 139 Å². The second kappa shape index (κ2) is 6.98. The van der Waals surface area contributed by atoms with Crippen LogP contribution in [0.1, 0.15) is 31.9 Å². The molecule has 130 valence electrons. The average molecular weight is 336 g/mol. The molecule has 2 rings (SSSR count). The fraction of sp³-hybridized carbons (Fsp3) is 0.471. The lowest BCUT2D eigenvalue weighted by Gasteiger charge is -2.26. The van der Waals surface area contributed by atoms with E-state index in [2.05, 4.69) is 5.32 Å². The van der Waals surface area contributed by atoms with E-state index in [4.69, 9.17) is 5.11 Å². The van der Waals surface area contributed by atoms with Gasteiger partial charge in [-0.3, -0.25) is 14.4 Å². The van der Waals surface area contributed by atoms with Crippen molar-refractivity contribution >= 4 is 17.8 Å². The van der Waals surface area contributed by atoms with Crippen LogP contribution in [0.15, 0.2) is 24.3 Å². The highest BCUT2D eigenvalue weighted by Gasteiger charge is 2.43. The molecule has 1 fully saturated rings. The summed E-state index contributed by atoms with van der Waals surface area (Å²) >= 11 is 0. The third-order valence-electron chi connectivity index (χ3n) is 4.64. The predicted octanol–water partition coefficient (Wildman–Crippen LogP) is 1.57. The zero-order chi connectivity index (χ0) is 18.0. The van der Waals surface area contributed by atoms with Gasteiger partial charge in [-0.25, -0.2) is 4.39 Å². The molecule has 0 radical (unpaired) electrons. The van der Waals surface area contributed by atoms with Gasteiger partial charge in [0.1, 0.15) is 5.82 Å². The zero-order valence-electron chi connectivity index (χ0n) is 13.8. The smallest absolute Gasteiger partial charge is 0.308 e. The molecule has 1 aromatic rings. The normalized spacial score (nSPS) is 23.0. The molecule has 0 saturated carbocycles. The first-order valence-corrected chi connectivity index (χ1v) is 7.76. The monoisotopic (exact) mass is 336 g/mol. The number of carboxylic acid groups (broad SMARTS) is 1. The molecule has 1 aromatic carbocycles. The van der Waals surface area contributed by atoms with E-state index < -0.39 is 35.7 Å². The Morgan fingerprint density at radius 1 is 1.29 bits per heavy atom. The summed E-state index contributed by atoms with van der Waals surface area (Å²) in [6.45, 7) is 3.13. The molecule has 0 spiro atoms. The van der Waals surface area contributed by atoms with Crippen molar-refractivity contribution in [3.05, 3.63) is 35.6 Å². The summed E-state index contributed by atoms with van der Waals surface area (Å²) in [7, 11) is 1.60. The second-order valence-corrected chi connectivity index (χ2v) is 6.24. The molecule has 2 N–H and O–H groups in total. The van der Waals surface area contributed by atoms with Crippen LogP contribution in [0.4, 0.5) is 4.39 Å². The van der Waals surface area contributed by atoms with Crippen molar-refractivity contribution in [2.75, 3.05) is 7.05 Å². The molecule has 7 heteroatoms. The minimum atomic E-state index is -1.00. The number of hydrogen-bond acceptors (Lipinski definition) is 3. The Bertz CT molecular complexity index is 646. The van der Waals surface area contributed by atoms with Gasteiger partial charge < -0.3 is 15.3 Å². The van der Waals surface area contributed by atoms with Gasteiger partial charge in [0.05, 0.1) is 17.9 Å². The standard InChI is InChI=1S/C17H21FN2O4/c1-9(17(23)24)10(2)19-16(22)13-8-14(21)20(3)15(13)11-4-6-12(18)7-5-11/h4-7,9-10,13,15H,8H2,1-3H3,(H,19,22)(H,23,24). The first kappa shape index (κ1) is 17.9. The van der Waals surface area contributed by atoms with Crippen LogP contribution in [-0.2, 0) is 14.4 Å². The number of benzene rings is 1. The molecule has 0 aliphatic carbocycles. The van der Waals surface area contributed by atoms with Crippen LogP contribution in [0.25, 0.3) is 0 Å². The molecule has 24 heavy (non-hydrogen) atoms. The van der Waals surface area contributed by atoms with E-state index in [1.807, 2.05) is 0 Å². The number of carbonyl (C=O) groups excluding carboxylic acids is 2. The molecule has 1 saturated heterocycles. The third-order valence-corrected chi connectivity index (χ3v) is 4.64. The summed E-state index contributed by atoms with van der Waals surface area (Å²) in [6.07, 6.45) is 0.0402. The maximum atomic E-state index is 13.1. The minimum Gasteiger partial charge on any atom is -0.481 e. The molecule has 2 amide bonds. The van der Waals surface area contributed by atoms with Crippen molar-refractivity contribution in [3.63, 3.8) is 0 Å². The van der Waals surface area contributed by atoms with Crippen molar-refractivity contribution in [3.8, 4) is 0 Å². The first-order chi connectivity index (χ1) is 11.2. The fourth-order valence-electron chi connectivity index (χ4n) is 2.89. The zero-order valence-corrected chi connectivity index (χ0v) is 13.8. The number of hydrogen-bond donors (Lipinski definition) is 2. The summed E-state index contributed by atoms with van der Waals surface area (Å²) in [6, 6.07) is 4.62. The molecule has 0 bridgehead atoms. The van der Waals surface area contributed by atoms with Crippen LogP contribution in [0.2, 0.25) is 0 Å². The van der Waals surface area contributed by atoms with E-state index in [0.717, 1.165) is 0 Å². The molecule has 1 heterocycles. The predicted molar refractivity (Wildman–Crippen MR) is 84.4 cm³/mol. The SMILES string of the molecule is CC(NC(=O)C1CC(=O)N(C)C1c1ccc(F)cc1)C(C)C(=O)O. The summed E-state index contributed by atoms with van der Waals surface area (Å²) in [5.74, 6) is -3.33. The number of rotatable bonds is 5. The van der Waals surface area contributed by atoms with E-state index in [1.54, 1.807) is 26.1 Å². The lowest BCUT2D eigenvalue weighted by Crippen LogP contribution is -2.44. The van der Waals surface area contributed by atoms with Gasteiger partial charge in [-0.2, -0.15) is 0 Å². The van der Waals surface area contributed by atoms with Gasteiger partial charge in [0.2, 0.25) is 11.8 Å². The maximum absolute atomic E-state index is 13.1. The van der Waals surface area contributed by atoms with Gasteiger partial charge in [0, 0.05) is 19.5 Å². The maximum Gasteiger partial charge on any atom is 0.308 e. The summed E-state index contributed by atoms with van der Waals surface area (Å²) < 4.78 is 13.1. The summed E-state index contributed by atoms with van der Waals surface area (Å²) in [5, 5.41) is 11.7. The van der Waals surface area contributed by atoms with Crippen molar-refractivity contribution in [1.82, 2.24) is 10.2 Å². The lowest BCUT2D eigenvalue weighted by atomic mass is 9.92. The number of carbonyl (C=O) groups is 3. The highest BCUT2D eigenvalue weighted by Crippen LogP contribution is 2.37. The van der Waals surface area contributed by atoms with Gasteiger partial charge in [-0.05, 0) is 31.5 Å². The van der Waals surface area contributed by atoms with Crippen molar-refractivity contribution in [2.24, 2.45) is 11.8 Å². The average Bonchev–Trinajstić information content (AvgIpc) is 2.83. The Kier molecular flexibility index (Phi) is 5.21. The third kappa shape index (κ3) is 3.55. The quantitative estimate of drug-likeness (QED) is 0.854. The van der Waals surface area contributed by atoms with E-state index >= 15 is 0 Å². The van der Waals surface area contributed by atoms with Gasteiger partial charge in [0.25, 0.3) is 0 Å². The summed E-state index contributed by atoms with van der Waals surface area (Å²) in [5.41, 5.74) is 0.670. The van der Waals surface area contributed by atoms with E-state index in [1.165, 1.54) is 24.0 Å². The highest BCUT2D eigenvalue weighted by atomic mass is 19.1. The molecular formula is C17H21FN2O4. The van der Waals surface area contributed by atoms with Crippen molar-refractivity contribution < 1.29 is 23.9 Å². The Morgan fingerprint density at radius 3 is 2.42 bits per heavy atom. The highest BCUT2D eigenvalue weighted by molar-refractivity contribution is 5.90. The first-order valence-electron chi connectivity index (χ1n) is 7.76.